The van der Waals surface area contributed by atoms with E-state index < -0.39 is 22.4 Å². The normalized spacial score (nSPS) is 11.3. The Hall–Kier alpha value is -1.40. The molecule has 0 unspecified atom stereocenters. The average Bonchev–Trinajstić information content (AvgIpc) is 2.16. The summed E-state index contributed by atoms with van der Waals surface area (Å²) in [5, 5.41) is 8.38. The molecule has 0 spiro atoms. The Morgan fingerprint density at radius 1 is 1.38 bits per heavy atom. The third kappa shape index (κ3) is 3.63. The van der Waals surface area contributed by atoms with Crippen molar-refractivity contribution in [3.63, 3.8) is 0 Å². The van der Waals surface area contributed by atoms with Crippen LogP contribution >= 0.6 is 0 Å². The van der Waals surface area contributed by atoms with Gasteiger partial charge in [-0.05, 0) is 11.6 Å². The number of rotatable bonds is 5. The van der Waals surface area contributed by atoms with Crippen LogP contribution in [0.4, 0.5) is 0 Å². The lowest BCUT2D eigenvalue weighted by Crippen LogP contribution is -2.09. The summed E-state index contributed by atoms with van der Waals surface area (Å²) in [5.41, 5.74) is 0.464. The summed E-state index contributed by atoms with van der Waals surface area (Å²) in [4.78, 5) is 10.4. The number of carbonyl (C=O) groups is 1. The van der Waals surface area contributed by atoms with E-state index in [1.54, 1.807) is 18.2 Å². The Bertz CT molecular complexity index is 478. The van der Waals surface area contributed by atoms with E-state index in [4.69, 9.17) is 9.84 Å². The molecule has 6 heteroatoms. The fraction of sp³-hybridized carbons (Fsp3) is 0.300. The Morgan fingerprint density at radius 3 is 2.56 bits per heavy atom. The van der Waals surface area contributed by atoms with E-state index >= 15 is 0 Å². The molecule has 0 atom stereocenters. The molecule has 1 aromatic carbocycles. The van der Waals surface area contributed by atoms with Crippen LogP contribution in [0.2, 0.25) is 0 Å². The van der Waals surface area contributed by atoms with Crippen LogP contribution in [0.1, 0.15) is 5.56 Å². The standard InChI is InChI=1S/C10H12O5S/c1-16(13,14)9-5-3-2-4-8(9)6-15-7-10(11)12/h2-5H,6-7H2,1H3,(H,11,12). The van der Waals surface area contributed by atoms with Crippen molar-refractivity contribution in [3.05, 3.63) is 29.8 Å². The fourth-order valence-electron chi connectivity index (χ4n) is 1.23. The zero-order valence-corrected chi connectivity index (χ0v) is 9.53. The van der Waals surface area contributed by atoms with Gasteiger partial charge in [0.15, 0.2) is 9.84 Å². The van der Waals surface area contributed by atoms with Crippen LogP contribution in [0, 0.1) is 0 Å². The van der Waals surface area contributed by atoms with Gasteiger partial charge in [-0.15, -0.1) is 0 Å². The number of hydrogen-bond acceptors (Lipinski definition) is 4. The molecule has 0 amide bonds. The van der Waals surface area contributed by atoms with Gasteiger partial charge in [-0.2, -0.15) is 0 Å². The number of sulfone groups is 1. The first kappa shape index (κ1) is 12.7. The van der Waals surface area contributed by atoms with Crippen molar-refractivity contribution in [3.8, 4) is 0 Å². The highest BCUT2D eigenvalue weighted by Crippen LogP contribution is 2.15. The van der Waals surface area contributed by atoms with Crippen molar-refractivity contribution in [2.45, 2.75) is 11.5 Å². The number of hydrogen-bond donors (Lipinski definition) is 1. The van der Waals surface area contributed by atoms with E-state index in [1.807, 2.05) is 0 Å². The van der Waals surface area contributed by atoms with Crippen molar-refractivity contribution >= 4 is 15.8 Å². The minimum absolute atomic E-state index is 0.0322. The van der Waals surface area contributed by atoms with Gasteiger partial charge in [-0.25, -0.2) is 13.2 Å². The lowest BCUT2D eigenvalue weighted by Gasteiger charge is -2.07. The van der Waals surface area contributed by atoms with Crippen LogP contribution in [-0.4, -0.2) is 32.4 Å². The van der Waals surface area contributed by atoms with Crippen LogP contribution in [0.25, 0.3) is 0 Å². The van der Waals surface area contributed by atoms with E-state index in [0.717, 1.165) is 6.26 Å². The van der Waals surface area contributed by atoms with E-state index in [0.29, 0.717) is 5.56 Å². The highest BCUT2D eigenvalue weighted by molar-refractivity contribution is 7.90. The molecule has 1 rings (SSSR count). The first-order chi connectivity index (χ1) is 7.41. The molecule has 0 aliphatic heterocycles. The summed E-state index contributed by atoms with van der Waals surface area (Å²) in [6, 6.07) is 6.35. The van der Waals surface area contributed by atoms with Gasteiger partial charge < -0.3 is 9.84 Å². The summed E-state index contributed by atoms with van der Waals surface area (Å²) in [5.74, 6) is -1.09. The quantitative estimate of drug-likeness (QED) is 0.824. The van der Waals surface area contributed by atoms with Gasteiger partial charge in [-0.1, -0.05) is 18.2 Å². The maximum Gasteiger partial charge on any atom is 0.329 e. The number of carboxylic acid groups (broad SMARTS) is 1. The van der Waals surface area contributed by atoms with Crippen molar-refractivity contribution in [1.82, 2.24) is 0 Å². The first-order valence-electron chi connectivity index (χ1n) is 4.49. The van der Waals surface area contributed by atoms with E-state index in [2.05, 4.69) is 0 Å². The molecule has 0 saturated heterocycles. The van der Waals surface area contributed by atoms with Crippen molar-refractivity contribution in [2.24, 2.45) is 0 Å². The van der Waals surface area contributed by atoms with Gasteiger partial charge in [0.1, 0.15) is 6.61 Å². The monoisotopic (exact) mass is 244 g/mol. The molecule has 88 valence electrons. The van der Waals surface area contributed by atoms with Crippen LogP contribution in [-0.2, 0) is 26.0 Å². The lowest BCUT2D eigenvalue weighted by atomic mass is 10.2. The van der Waals surface area contributed by atoms with Crippen LogP contribution in [0.3, 0.4) is 0 Å². The zero-order valence-electron chi connectivity index (χ0n) is 8.71. The largest absolute Gasteiger partial charge is 0.480 e. The Labute approximate surface area is 93.6 Å². The highest BCUT2D eigenvalue weighted by Gasteiger charge is 2.12. The highest BCUT2D eigenvalue weighted by atomic mass is 32.2. The topological polar surface area (TPSA) is 80.7 Å². The summed E-state index contributed by atoms with van der Waals surface area (Å²) >= 11 is 0. The second-order valence-electron chi connectivity index (χ2n) is 3.27. The van der Waals surface area contributed by atoms with Crippen molar-refractivity contribution in [1.29, 1.82) is 0 Å². The van der Waals surface area contributed by atoms with Gasteiger partial charge in [-0.3, -0.25) is 0 Å². The molecule has 0 radical (unpaired) electrons. The average molecular weight is 244 g/mol. The summed E-state index contributed by atoms with van der Waals surface area (Å²) < 4.78 is 27.6. The molecule has 0 saturated carbocycles. The minimum Gasteiger partial charge on any atom is -0.480 e. The SMILES string of the molecule is CS(=O)(=O)c1ccccc1COCC(=O)O. The molecule has 0 aliphatic rings. The maximum atomic E-state index is 11.4. The fourth-order valence-corrected chi connectivity index (χ4v) is 2.16. The second-order valence-corrected chi connectivity index (χ2v) is 5.25. The molecule has 0 bridgehead atoms. The summed E-state index contributed by atoms with van der Waals surface area (Å²) in [7, 11) is -3.31. The van der Waals surface area contributed by atoms with Gasteiger partial charge in [0.05, 0.1) is 11.5 Å². The Kier molecular flexibility index (Phi) is 4.03. The smallest absolute Gasteiger partial charge is 0.329 e. The van der Waals surface area contributed by atoms with Gasteiger partial charge in [0.25, 0.3) is 0 Å². The van der Waals surface area contributed by atoms with Crippen LogP contribution < -0.4 is 0 Å². The number of benzene rings is 1. The predicted octanol–water partition coefficient (Wildman–Crippen LogP) is 0.691. The third-order valence-electron chi connectivity index (χ3n) is 1.86. The second kappa shape index (κ2) is 5.09. The molecule has 0 aliphatic carbocycles. The van der Waals surface area contributed by atoms with E-state index in [9.17, 15) is 13.2 Å². The van der Waals surface area contributed by atoms with Gasteiger partial charge >= 0.3 is 5.97 Å². The molecule has 0 fully saturated rings. The lowest BCUT2D eigenvalue weighted by molar-refractivity contribution is -0.142. The summed E-state index contributed by atoms with van der Waals surface area (Å²) in [6.45, 7) is -0.479. The number of aliphatic carboxylic acids is 1. The first-order valence-corrected chi connectivity index (χ1v) is 6.38. The Morgan fingerprint density at radius 2 is 2.00 bits per heavy atom. The molecular formula is C10H12O5S. The molecule has 1 N–H and O–H groups in total. The van der Waals surface area contributed by atoms with Gasteiger partial charge in [0.2, 0.25) is 0 Å². The number of carboxylic acids is 1. The van der Waals surface area contributed by atoms with Gasteiger partial charge in [0, 0.05) is 6.26 Å². The Balaban J connectivity index is 2.84. The third-order valence-corrected chi connectivity index (χ3v) is 3.05. The molecule has 0 heterocycles. The van der Waals surface area contributed by atoms with Crippen molar-refractivity contribution < 1.29 is 23.1 Å². The van der Waals surface area contributed by atoms with Crippen molar-refractivity contribution in [2.75, 3.05) is 12.9 Å². The van der Waals surface area contributed by atoms with Crippen LogP contribution in [0.5, 0.6) is 0 Å². The van der Waals surface area contributed by atoms with E-state index in [1.165, 1.54) is 6.07 Å². The summed E-state index contributed by atoms with van der Waals surface area (Å²) in [6.07, 6.45) is 1.10. The predicted molar refractivity (Wildman–Crippen MR) is 56.8 cm³/mol. The van der Waals surface area contributed by atoms with Crippen LogP contribution in [0.15, 0.2) is 29.2 Å². The van der Waals surface area contributed by atoms with E-state index in [-0.39, 0.29) is 11.5 Å². The molecule has 5 nitrogen and oxygen atoms in total. The molecule has 0 aromatic heterocycles. The zero-order chi connectivity index (χ0) is 12.2. The molecule has 1 aromatic rings. The number of ether oxygens (including phenoxy) is 1. The maximum absolute atomic E-state index is 11.4. The molecule has 16 heavy (non-hydrogen) atoms. The minimum atomic E-state index is -3.31. The molecular weight excluding hydrogens is 232 g/mol.